The van der Waals surface area contributed by atoms with Gasteiger partial charge in [0.2, 0.25) is 10.0 Å². The van der Waals surface area contributed by atoms with Crippen LogP contribution in [-0.4, -0.2) is 18.6 Å². The van der Waals surface area contributed by atoms with Crippen LogP contribution >= 0.6 is 15.9 Å². The van der Waals surface area contributed by atoms with Crippen LogP contribution in [0.15, 0.2) is 32.2 Å². The number of aromatic nitrogens is 2. The van der Waals surface area contributed by atoms with Gasteiger partial charge in [-0.1, -0.05) is 5.16 Å². The summed E-state index contributed by atoms with van der Waals surface area (Å²) >= 11 is 3.15. The lowest BCUT2D eigenvalue weighted by molar-refractivity contribution is 0.377. The summed E-state index contributed by atoms with van der Waals surface area (Å²) in [7, 11) is -3.76. The molecule has 2 aromatic heterocycles. The van der Waals surface area contributed by atoms with Crippen molar-refractivity contribution in [1.29, 1.82) is 0 Å². The molecule has 0 aromatic carbocycles. The topological polar surface area (TPSA) is 111 Å². The molecule has 3 N–H and O–H groups in total. The van der Waals surface area contributed by atoms with Crippen molar-refractivity contribution < 1.29 is 12.9 Å². The normalized spacial score (nSPS) is 11.7. The smallest absolute Gasteiger partial charge is 0.244 e. The fourth-order valence-corrected chi connectivity index (χ4v) is 2.97. The standard InChI is InChI=1S/C10H11BrN4O3S/c1-6-2-8(18-15-6)5-14-19(16,17)9-3-7(11)4-13-10(9)12/h2-4,14H,5H2,1H3,(H2,12,13). The van der Waals surface area contributed by atoms with Gasteiger partial charge in [-0.3, -0.25) is 0 Å². The zero-order valence-corrected chi connectivity index (χ0v) is 12.3. The molecule has 2 aromatic rings. The fourth-order valence-electron chi connectivity index (χ4n) is 1.39. The van der Waals surface area contributed by atoms with Gasteiger partial charge in [-0.25, -0.2) is 18.1 Å². The summed E-state index contributed by atoms with van der Waals surface area (Å²) in [6, 6.07) is 3.03. The van der Waals surface area contributed by atoms with Gasteiger partial charge >= 0.3 is 0 Å². The molecule has 7 nitrogen and oxygen atoms in total. The first-order chi connectivity index (χ1) is 8.88. The number of nitrogens with two attached hydrogens (primary N) is 1. The van der Waals surface area contributed by atoms with Crippen molar-refractivity contribution in [2.75, 3.05) is 5.73 Å². The van der Waals surface area contributed by atoms with Gasteiger partial charge in [0.05, 0.1) is 12.2 Å². The predicted octanol–water partition coefficient (Wildman–Crippen LogP) is 1.20. The van der Waals surface area contributed by atoms with Crippen molar-refractivity contribution in [2.45, 2.75) is 18.4 Å². The van der Waals surface area contributed by atoms with Crippen LogP contribution < -0.4 is 10.5 Å². The van der Waals surface area contributed by atoms with Crippen LogP contribution in [0.2, 0.25) is 0 Å². The van der Waals surface area contributed by atoms with Crippen LogP contribution in [0.4, 0.5) is 5.82 Å². The highest BCUT2D eigenvalue weighted by molar-refractivity contribution is 9.10. The van der Waals surface area contributed by atoms with Crippen LogP contribution in [0.5, 0.6) is 0 Å². The quantitative estimate of drug-likeness (QED) is 0.860. The van der Waals surface area contributed by atoms with Gasteiger partial charge < -0.3 is 10.3 Å². The average molecular weight is 347 g/mol. The number of pyridine rings is 1. The first-order valence-corrected chi connectivity index (χ1v) is 7.49. The summed E-state index contributed by atoms with van der Waals surface area (Å²) in [5.41, 5.74) is 6.24. The Hall–Kier alpha value is -1.45. The lowest BCUT2D eigenvalue weighted by Crippen LogP contribution is -2.24. The first-order valence-electron chi connectivity index (χ1n) is 5.21. The van der Waals surface area contributed by atoms with E-state index in [0.717, 1.165) is 0 Å². The minimum absolute atomic E-state index is 0.00483. The predicted molar refractivity (Wildman–Crippen MR) is 71.6 cm³/mol. The monoisotopic (exact) mass is 346 g/mol. The fraction of sp³-hybridized carbons (Fsp3) is 0.200. The molecule has 0 radical (unpaired) electrons. The number of hydrogen-bond acceptors (Lipinski definition) is 6. The second-order valence-corrected chi connectivity index (χ2v) is 6.45. The highest BCUT2D eigenvalue weighted by Gasteiger charge is 2.19. The highest BCUT2D eigenvalue weighted by Crippen LogP contribution is 2.20. The summed E-state index contributed by atoms with van der Waals surface area (Å²) in [6.07, 6.45) is 1.42. The number of nitrogen functional groups attached to an aromatic ring is 1. The Morgan fingerprint density at radius 2 is 2.21 bits per heavy atom. The molecule has 0 unspecified atom stereocenters. The Bertz CT molecular complexity index is 699. The van der Waals surface area contributed by atoms with Crippen LogP contribution in [0.1, 0.15) is 11.5 Å². The second-order valence-electron chi connectivity index (χ2n) is 3.80. The molecule has 0 amide bonds. The Kier molecular flexibility index (Phi) is 3.88. The summed E-state index contributed by atoms with van der Waals surface area (Å²) in [5.74, 6) is 0.354. The molecule has 0 bridgehead atoms. The van der Waals surface area contributed by atoms with Crippen LogP contribution in [0, 0.1) is 6.92 Å². The van der Waals surface area contributed by atoms with E-state index < -0.39 is 10.0 Å². The van der Waals surface area contributed by atoms with Gasteiger partial charge in [-0.15, -0.1) is 0 Å². The molecule has 0 spiro atoms. The number of aryl methyl sites for hydroxylation is 1. The molecule has 102 valence electrons. The maximum atomic E-state index is 12.1. The van der Waals surface area contributed by atoms with E-state index in [0.29, 0.717) is 15.9 Å². The van der Waals surface area contributed by atoms with Crippen molar-refractivity contribution in [1.82, 2.24) is 14.9 Å². The Labute approximate surface area is 118 Å². The lowest BCUT2D eigenvalue weighted by Gasteiger charge is -2.07. The molecule has 0 aliphatic carbocycles. The summed E-state index contributed by atoms with van der Waals surface area (Å²) in [5, 5.41) is 3.67. The summed E-state index contributed by atoms with van der Waals surface area (Å²) in [4.78, 5) is 3.69. The molecule has 0 saturated carbocycles. The molecular weight excluding hydrogens is 336 g/mol. The molecule has 2 heterocycles. The number of nitrogens with one attached hydrogen (secondary N) is 1. The maximum absolute atomic E-state index is 12.1. The van der Waals surface area contributed by atoms with E-state index in [9.17, 15) is 8.42 Å². The largest absolute Gasteiger partial charge is 0.383 e. The van der Waals surface area contributed by atoms with Gasteiger partial charge in [0.1, 0.15) is 10.7 Å². The zero-order valence-electron chi connectivity index (χ0n) is 9.92. The van der Waals surface area contributed by atoms with E-state index in [-0.39, 0.29) is 17.3 Å². The zero-order chi connectivity index (χ0) is 14.0. The Morgan fingerprint density at radius 3 is 2.84 bits per heavy atom. The van der Waals surface area contributed by atoms with E-state index >= 15 is 0 Å². The van der Waals surface area contributed by atoms with E-state index in [2.05, 4.69) is 30.8 Å². The third-order valence-corrected chi connectivity index (χ3v) is 4.12. The minimum Gasteiger partial charge on any atom is -0.383 e. The number of rotatable bonds is 4. The van der Waals surface area contributed by atoms with E-state index in [1.165, 1.54) is 12.3 Å². The van der Waals surface area contributed by atoms with Crippen molar-refractivity contribution in [3.05, 3.63) is 34.3 Å². The van der Waals surface area contributed by atoms with E-state index in [1.54, 1.807) is 13.0 Å². The van der Waals surface area contributed by atoms with Crippen molar-refractivity contribution >= 4 is 31.8 Å². The van der Waals surface area contributed by atoms with Crippen LogP contribution in [-0.2, 0) is 16.6 Å². The molecule has 9 heteroatoms. The third-order valence-electron chi connectivity index (χ3n) is 2.25. The van der Waals surface area contributed by atoms with Gasteiger partial charge in [0.25, 0.3) is 0 Å². The molecular formula is C10H11BrN4O3S. The van der Waals surface area contributed by atoms with Gasteiger partial charge in [0.15, 0.2) is 5.76 Å². The summed E-state index contributed by atoms with van der Waals surface area (Å²) < 4.78 is 32.0. The third kappa shape index (κ3) is 3.31. The lowest BCUT2D eigenvalue weighted by atomic mass is 10.4. The first kappa shape index (κ1) is 14.0. The molecule has 0 saturated heterocycles. The Morgan fingerprint density at radius 1 is 1.47 bits per heavy atom. The van der Waals surface area contributed by atoms with Crippen molar-refractivity contribution in [2.24, 2.45) is 0 Å². The molecule has 0 atom stereocenters. The van der Waals surface area contributed by atoms with Crippen LogP contribution in [0.25, 0.3) is 0 Å². The average Bonchev–Trinajstić information content (AvgIpc) is 2.76. The molecule has 2 rings (SSSR count). The van der Waals surface area contributed by atoms with Gasteiger partial charge in [-0.2, -0.15) is 0 Å². The number of sulfonamides is 1. The van der Waals surface area contributed by atoms with E-state index in [1.807, 2.05) is 0 Å². The van der Waals surface area contributed by atoms with Gasteiger partial charge in [0, 0.05) is 16.7 Å². The highest BCUT2D eigenvalue weighted by atomic mass is 79.9. The number of anilines is 1. The van der Waals surface area contributed by atoms with Crippen molar-refractivity contribution in [3.63, 3.8) is 0 Å². The number of nitrogens with zero attached hydrogens (tertiary/aromatic N) is 2. The minimum atomic E-state index is -3.76. The SMILES string of the molecule is Cc1cc(CNS(=O)(=O)c2cc(Br)cnc2N)on1. The molecule has 19 heavy (non-hydrogen) atoms. The van der Waals surface area contributed by atoms with E-state index in [4.69, 9.17) is 10.3 Å². The Balaban J connectivity index is 2.20. The second kappa shape index (κ2) is 5.27. The van der Waals surface area contributed by atoms with Gasteiger partial charge in [-0.05, 0) is 28.9 Å². The summed E-state index contributed by atoms with van der Waals surface area (Å²) in [6.45, 7) is 1.74. The van der Waals surface area contributed by atoms with Crippen molar-refractivity contribution in [3.8, 4) is 0 Å². The molecule has 0 aliphatic heterocycles. The maximum Gasteiger partial charge on any atom is 0.244 e. The number of halogens is 1. The molecule has 0 aliphatic rings. The number of hydrogen-bond donors (Lipinski definition) is 2. The molecule has 0 fully saturated rings. The van der Waals surface area contributed by atoms with Crippen LogP contribution in [0.3, 0.4) is 0 Å².